The van der Waals surface area contributed by atoms with Gasteiger partial charge in [0.1, 0.15) is 12.0 Å². The molecule has 0 fully saturated rings. The lowest BCUT2D eigenvalue weighted by molar-refractivity contribution is 0.234. The molecule has 0 amide bonds. The second kappa shape index (κ2) is 6.43. The van der Waals surface area contributed by atoms with Crippen LogP contribution in [0.2, 0.25) is 0 Å². The molecular formula is C16H22N4O. The predicted molar refractivity (Wildman–Crippen MR) is 86.0 cm³/mol. The summed E-state index contributed by atoms with van der Waals surface area (Å²) in [6.07, 6.45) is 1.46. The monoisotopic (exact) mass is 286 g/mol. The van der Waals surface area contributed by atoms with E-state index in [0.29, 0.717) is 23.3 Å². The molecule has 21 heavy (non-hydrogen) atoms. The van der Waals surface area contributed by atoms with E-state index in [0.717, 1.165) is 5.69 Å². The molecule has 1 heterocycles. The van der Waals surface area contributed by atoms with E-state index >= 15 is 0 Å². The van der Waals surface area contributed by atoms with E-state index in [2.05, 4.69) is 41.3 Å². The third kappa shape index (κ3) is 3.84. The Morgan fingerprint density at radius 1 is 1.05 bits per heavy atom. The van der Waals surface area contributed by atoms with Crippen molar-refractivity contribution >= 4 is 17.2 Å². The average Bonchev–Trinajstić information content (AvgIpc) is 2.43. The van der Waals surface area contributed by atoms with Gasteiger partial charge in [-0.25, -0.2) is 4.98 Å². The first-order valence-electron chi connectivity index (χ1n) is 7.11. The Labute approximate surface area is 125 Å². The molecule has 112 valence electrons. The highest BCUT2D eigenvalue weighted by molar-refractivity contribution is 5.72. The van der Waals surface area contributed by atoms with E-state index in [1.807, 2.05) is 26.0 Å². The van der Waals surface area contributed by atoms with Crippen LogP contribution in [0.3, 0.4) is 0 Å². The SMILES string of the molecule is CC(C)Oc1ncnc(Nc2ccc(C(C)C)cc2)c1N. The van der Waals surface area contributed by atoms with E-state index in [9.17, 15) is 0 Å². The average molecular weight is 286 g/mol. The van der Waals surface area contributed by atoms with Crippen molar-refractivity contribution in [2.24, 2.45) is 0 Å². The molecule has 0 aliphatic heterocycles. The number of hydrogen-bond donors (Lipinski definition) is 2. The first kappa shape index (κ1) is 15.1. The Balaban J connectivity index is 2.19. The van der Waals surface area contributed by atoms with Gasteiger partial charge >= 0.3 is 0 Å². The first-order valence-corrected chi connectivity index (χ1v) is 7.11. The topological polar surface area (TPSA) is 73.1 Å². The number of aromatic nitrogens is 2. The Kier molecular flexibility index (Phi) is 4.62. The maximum absolute atomic E-state index is 6.05. The molecule has 0 bridgehead atoms. The highest BCUT2D eigenvalue weighted by atomic mass is 16.5. The van der Waals surface area contributed by atoms with Crippen molar-refractivity contribution in [3.05, 3.63) is 36.2 Å². The van der Waals surface area contributed by atoms with Gasteiger partial charge in [0.05, 0.1) is 6.10 Å². The quantitative estimate of drug-likeness (QED) is 0.876. The Morgan fingerprint density at radius 2 is 1.71 bits per heavy atom. The summed E-state index contributed by atoms with van der Waals surface area (Å²) in [7, 11) is 0. The van der Waals surface area contributed by atoms with Crippen molar-refractivity contribution in [2.45, 2.75) is 39.7 Å². The molecule has 0 aliphatic rings. The number of rotatable bonds is 5. The number of ether oxygens (including phenoxy) is 1. The van der Waals surface area contributed by atoms with E-state index in [1.165, 1.54) is 11.9 Å². The number of nitrogens with one attached hydrogen (secondary N) is 1. The van der Waals surface area contributed by atoms with E-state index in [1.54, 1.807) is 0 Å². The van der Waals surface area contributed by atoms with Gasteiger partial charge in [0.15, 0.2) is 5.82 Å². The second-order valence-corrected chi connectivity index (χ2v) is 5.51. The van der Waals surface area contributed by atoms with Crippen LogP contribution in [0.1, 0.15) is 39.2 Å². The molecule has 5 heteroatoms. The van der Waals surface area contributed by atoms with Crippen LogP contribution in [0.15, 0.2) is 30.6 Å². The first-order chi connectivity index (χ1) is 9.97. The fraction of sp³-hybridized carbons (Fsp3) is 0.375. The molecule has 0 aliphatic carbocycles. The normalized spacial score (nSPS) is 11.0. The van der Waals surface area contributed by atoms with Crippen molar-refractivity contribution in [3.8, 4) is 5.88 Å². The lowest BCUT2D eigenvalue weighted by Gasteiger charge is -2.14. The van der Waals surface area contributed by atoms with Crippen LogP contribution in [-0.2, 0) is 0 Å². The predicted octanol–water partition coefficient (Wildman–Crippen LogP) is 3.71. The van der Waals surface area contributed by atoms with Gasteiger partial charge in [-0.2, -0.15) is 4.98 Å². The van der Waals surface area contributed by atoms with Crippen LogP contribution >= 0.6 is 0 Å². The van der Waals surface area contributed by atoms with Crippen LogP contribution in [0, 0.1) is 0 Å². The zero-order valence-electron chi connectivity index (χ0n) is 12.9. The number of hydrogen-bond acceptors (Lipinski definition) is 5. The third-order valence-electron chi connectivity index (χ3n) is 3.03. The summed E-state index contributed by atoms with van der Waals surface area (Å²) >= 11 is 0. The molecule has 5 nitrogen and oxygen atoms in total. The van der Waals surface area contributed by atoms with Crippen LogP contribution in [0.25, 0.3) is 0 Å². The van der Waals surface area contributed by atoms with Gasteiger partial charge in [-0.1, -0.05) is 26.0 Å². The molecule has 2 rings (SSSR count). The van der Waals surface area contributed by atoms with E-state index in [4.69, 9.17) is 10.5 Å². The molecule has 0 atom stereocenters. The van der Waals surface area contributed by atoms with Crippen LogP contribution < -0.4 is 15.8 Å². The van der Waals surface area contributed by atoms with Crippen LogP contribution in [-0.4, -0.2) is 16.1 Å². The van der Waals surface area contributed by atoms with Crippen molar-refractivity contribution in [1.29, 1.82) is 0 Å². The van der Waals surface area contributed by atoms with Crippen LogP contribution in [0.5, 0.6) is 5.88 Å². The number of nitrogen functional groups attached to an aromatic ring is 1. The summed E-state index contributed by atoms with van der Waals surface area (Å²) in [5, 5.41) is 3.20. The molecule has 0 radical (unpaired) electrons. The molecule has 0 unspecified atom stereocenters. The van der Waals surface area contributed by atoms with Gasteiger partial charge in [0, 0.05) is 5.69 Å². The minimum Gasteiger partial charge on any atom is -0.473 e. The molecule has 1 aromatic carbocycles. The number of anilines is 3. The summed E-state index contributed by atoms with van der Waals surface area (Å²) in [4.78, 5) is 8.23. The van der Waals surface area contributed by atoms with Gasteiger partial charge < -0.3 is 15.8 Å². The largest absolute Gasteiger partial charge is 0.473 e. The second-order valence-electron chi connectivity index (χ2n) is 5.51. The van der Waals surface area contributed by atoms with Crippen molar-refractivity contribution in [3.63, 3.8) is 0 Å². The molecule has 3 N–H and O–H groups in total. The van der Waals surface area contributed by atoms with Crippen molar-refractivity contribution in [1.82, 2.24) is 9.97 Å². The molecule has 0 saturated carbocycles. The summed E-state index contributed by atoms with van der Waals surface area (Å²) in [6, 6.07) is 8.21. The molecule has 0 spiro atoms. The van der Waals surface area contributed by atoms with Gasteiger partial charge in [-0.3, -0.25) is 0 Å². The standard InChI is InChI=1S/C16H22N4O/c1-10(2)12-5-7-13(8-6-12)20-15-14(17)16(19-9-18-15)21-11(3)4/h5-11H,17H2,1-4H3,(H,18,19,20). The Bertz CT molecular complexity index is 594. The molecule has 1 aromatic heterocycles. The van der Waals surface area contributed by atoms with Gasteiger partial charge in [-0.15, -0.1) is 0 Å². The fourth-order valence-electron chi connectivity index (χ4n) is 1.88. The van der Waals surface area contributed by atoms with E-state index in [-0.39, 0.29) is 6.10 Å². The zero-order valence-corrected chi connectivity index (χ0v) is 12.9. The number of benzene rings is 1. The maximum atomic E-state index is 6.05. The number of nitrogens with two attached hydrogens (primary N) is 1. The fourth-order valence-corrected chi connectivity index (χ4v) is 1.88. The zero-order chi connectivity index (χ0) is 15.4. The summed E-state index contributed by atoms with van der Waals surface area (Å²) in [5.41, 5.74) is 8.68. The lowest BCUT2D eigenvalue weighted by Crippen LogP contribution is -2.10. The molecule has 2 aromatic rings. The molecular weight excluding hydrogens is 264 g/mol. The minimum absolute atomic E-state index is 0.0142. The van der Waals surface area contributed by atoms with Gasteiger partial charge in [-0.05, 0) is 37.5 Å². The van der Waals surface area contributed by atoms with Crippen LogP contribution in [0.4, 0.5) is 17.2 Å². The number of nitrogens with zero attached hydrogens (tertiary/aromatic N) is 2. The van der Waals surface area contributed by atoms with Gasteiger partial charge in [0.2, 0.25) is 5.88 Å². The smallest absolute Gasteiger partial charge is 0.242 e. The Hall–Kier alpha value is -2.30. The van der Waals surface area contributed by atoms with Crippen molar-refractivity contribution in [2.75, 3.05) is 11.1 Å². The Morgan fingerprint density at radius 3 is 2.29 bits per heavy atom. The summed E-state index contributed by atoms with van der Waals surface area (Å²) < 4.78 is 5.56. The minimum atomic E-state index is 0.0142. The summed E-state index contributed by atoms with van der Waals surface area (Å²) in [5.74, 6) is 1.47. The van der Waals surface area contributed by atoms with Gasteiger partial charge in [0.25, 0.3) is 0 Å². The lowest BCUT2D eigenvalue weighted by atomic mass is 10.0. The maximum Gasteiger partial charge on any atom is 0.242 e. The highest BCUT2D eigenvalue weighted by Crippen LogP contribution is 2.28. The summed E-state index contributed by atoms with van der Waals surface area (Å²) in [6.45, 7) is 8.19. The van der Waals surface area contributed by atoms with Crippen molar-refractivity contribution < 1.29 is 4.74 Å². The highest BCUT2D eigenvalue weighted by Gasteiger charge is 2.11. The van der Waals surface area contributed by atoms with E-state index < -0.39 is 0 Å². The molecule has 0 saturated heterocycles. The third-order valence-corrected chi connectivity index (χ3v) is 3.03.